The number of aromatic nitrogens is 6. The SMILES string of the molecule is CCc1cnc(N2CCC(n3nnc4cc(Br)ncc43)CC2)nc1. The summed E-state index contributed by atoms with van der Waals surface area (Å²) in [4.78, 5) is 15.5. The highest BCUT2D eigenvalue weighted by Crippen LogP contribution is 2.27. The number of fused-ring (bicyclic) bond motifs is 1. The van der Waals surface area contributed by atoms with E-state index in [0.29, 0.717) is 6.04 Å². The number of nitrogens with zero attached hydrogens (tertiary/aromatic N) is 7. The maximum atomic E-state index is 4.49. The zero-order valence-corrected chi connectivity index (χ0v) is 15.0. The van der Waals surface area contributed by atoms with Crippen LogP contribution in [-0.2, 0) is 6.42 Å². The van der Waals surface area contributed by atoms with Gasteiger partial charge in [-0.2, -0.15) is 0 Å². The van der Waals surface area contributed by atoms with Gasteiger partial charge in [-0.05, 0) is 40.8 Å². The van der Waals surface area contributed by atoms with Crippen LogP contribution < -0.4 is 4.90 Å². The fourth-order valence-corrected chi connectivity index (χ4v) is 3.41. The predicted octanol–water partition coefficient (Wildman–Crippen LogP) is 2.78. The summed E-state index contributed by atoms with van der Waals surface area (Å²) in [6, 6.07) is 2.24. The number of hydrogen-bond donors (Lipinski definition) is 0. The molecule has 3 aromatic heterocycles. The average molecular weight is 388 g/mol. The summed E-state index contributed by atoms with van der Waals surface area (Å²) in [7, 11) is 0. The van der Waals surface area contributed by atoms with Crippen LogP contribution in [0.1, 0.15) is 31.4 Å². The molecule has 24 heavy (non-hydrogen) atoms. The molecular formula is C16H18BrN7. The van der Waals surface area contributed by atoms with Gasteiger partial charge in [0.2, 0.25) is 5.95 Å². The highest BCUT2D eigenvalue weighted by Gasteiger charge is 2.24. The molecule has 1 saturated heterocycles. The summed E-state index contributed by atoms with van der Waals surface area (Å²) in [5.41, 5.74) is 3.03. The van der Waals surface area contributed by atoms with Gasteiger partial charge in [-0.25, -0.2) is 19.6 Å². The second-order valence-corrected chi connectivity index (χ2v) is 6.81. The van der Waals surface area contributed by atoms with Crippen LogP contribution in [0.5, 0.6) is 0 Å². The largest absolute Gasteiger partial charge is 0.341 e. The minimum absolute atomic E-state index is 0.337. The summed E-state index contributed by atoms with van der Waals surface area (Å²) < 4.78 is 2.79. The molecule has 0 unspecified atom stereocenters. The van der Waals surface area contributed by atoms with Crippen LogP contribution in [-0.4, -0.2) is 43.0 Å². The van der Waals surface area contributed by atoms with Gasteiger partial charge < -0.3 is 4.90 Å². The van der Waals surface area contributed by atoms with E-state index in [1.807, 2.05) is 29.3 Å². The molecule has 0 saturated carbocycles. The van der Waals surface area contributed by atoms with Gasteiger partial charge in [-0.3, -0.25) is 0 Å². The Kier molecular flexibility index (Phi) is 4.13. The monoisotopic (exact) mass is 387 g/mol. The van der Waals surface area contributed by atoms with Crippen molar-refractivity contribution in [2.75, 3.05) is 18.0 Å². The minimum atomic E-state index is 0.337. The average Bonchev–Trinajstić information content (AvgIpc) is 3.05. The Balaban J connectivity index is 1.48. The smallest absolute Gasteiger partial charge is 0.225 e. The second-order valence-electron chi connectivity index (χ2n) is 5.99. The molecule has 8 heteroatoms. The molecule has 0 aliphatic carbocycles. The number of halogens is 1. The van der Waals surface area contributed by atoms with Gasteiger partial charge in [0, 0.05) is 31.5 Å². The lowest BCUT2D eigenvalue weighted by atomic mass is 10.1. The van der Waals surface area contributed by atoms with Crippen LogP contribution in [0.3, 0.4) is 0 Å². The Bertz CT molecular complexity index is 837. The van der Waals surface area contributed by atoms with Gasteiger partial charge in [0.1, 0.15) is 15.6 Å². The van der Waals surface area contributed by atoms with Gasteiger partial charge in [-0.15, -0.1) is 5.10 Å². The third-order valence-corrected chi connectivity index (χ3v) is 4.95. The molecule has 0 atom stereocenters. The van der Waals surface area contributed by atoms with Crippen molar-refractivity contribution in [3.8, 4) is 0 Å². The standard InChI is InChI=1S/C16H18BrN7/c1-2-11-8-19-16(20-9-11)23-5-3-12(4-6-23)24-14-10-18-15(17)7-13(14)21-22-24/h7-10,12H,2-6H2,1H3. The molecule has 0 N–H and O–H groups in total. The lowest BCUT2D eigenvalue weighted by molar-refractivity contribution is 0.366. The highest BCUT2D eigenvalue weighted by atomic mass is 79.9. The normalized spacial score (nSPS) is 16.0. The number of anilines is 1. The van der Waals surface area contributed by atoms with Crippen molar-refractivity contribution in [1.82, 2.24) is 29.9 Å². The van der Waals surface area contributed by atoms with Crippen LogP contribution in [0.25, 0.3) is 11.0 Å². The molecule has 0 spiro atoms. The van der Waals surface area contributed by atoms with Crippen LogP contribution >= 0.6 is 15.9 Å². The fraction of sp³-hybridized carbons (Fsp3) is 0.438. The van der Waals surface area contributed by atoms with E-state index in [0.717, 1.165) is 53.9 Å². The van der Waals surface area contributed by atoms with E-state index in [2.05, 4.69) is 53.0 Å². The topological polar surface area (TPSA) is 72.6 Å². The van der Waals surface area contributed by atoms with E-state index in [1.165, 1.54) is 5.56 Å². The second kappa shape index (κ2) is 6.43. The van der Waals surface area contributed by atoms with Crippen LogP contribution in [0, 0.1) is 0 Å². The van der Waals surface area contributed by atoms with Gasteiger partial charge >= 0.3 is 0 Å². The van der Waals surface area contributed by atoms with Crippen molar-refractivity contribution in [2.24, 2.45) is 0 Å². The molecule has 1 fully saturated rings. The van der Waals surface area contributed by atoms with Crippen molar-refractivity contribution in [3.05, 3.63) is 34.8 Å². The Hall–Kier alpha value is -2.09. The van der Waals surface area contributed by atoms with Crippen LogP contribution in [0.15, 0.2) is 29.3 Å². The molecular weight excluding hydrogens is 370 g/mol. The van der Waals surface area contributed by atoms with E-state index in [1.54, 1.807) is 0 Å². The molecule has 0 amide bonds. The van der Waals surface area contributed by atoms with Crippen molar-refractivity contribution in [1.29, 1.82) is 0 Å². The van der Waals surface area contributed by atoms with Crippen LogP contribution in [0.2, 0.25) is 0 Å². The first-order valence-corrected chi connectivity index (χ1v) is 8.96. The third kappa shape index (κ3) is 2.86. The molecule has 4 heterocycles. The van der Waals surface area contributed by atoms with E-state index in [-0.39, 0.29) is 0 Å². The lowest BCUT2D eigenvalue weighted by Crippen LogP contribution is -2.36. The van der Waals surface area contributed by atoms with Crippen molar-refractivity contribution in [3.63, 3.8) is 0 Å². The van der Waals surface area contributed by atoms with Gasteiger partial charge in [0.05, 0.1) is 12.2 Å². The van der Waals surface area contributed by atoms with Crippen molar-refractivity contribution in [2.45, 2.75) is 32.2 Å². The zero-order valence-electron chi connectivity index (χ0n) is 13.4. The van der Waals surface area contributed by atoms with Crippen molar-refractivity contribution < 1.29 is 0 Å². The highest BCUT2D eigenvalue weighted by molar-refractivity contribution is 9.10. The first kappa shape index (κ1) is 15.4. The van der Waals surface area contributed by atoms with Gasteiger partial charge in [0.15, 0.2) is 0 Å². The molecule has 7 nitrogen and oxygen atoms in total. The number of rotatable bonds is 3. The van der Waals surface area contributed by atoms with Crippen LogP contribution in [0.4, 0.5) is 5.95 Å². The number of hydrogen-bond acceptors (Lipinski definition) is 6. The number of aryl methyl sites for hydroxylation is 1. The Morgan fingerprint density at radius 3 is 2.58 bits per heavy atom. The summed E-state index contributed by atoms with van der Waals surface area (Å²) in [5, 5.41) is 8.59. The molecule has 4 rings (SSSR count). The van der Waals surface area contributed by atoms with E-state index in [9.17, 15) is 0 Å². The van der Waals surface area contributed by atoms with E-state index >= 15 is 0 Å². The maximum Gasteiger partial charge on any atom is 0.225 e. The first-order chi connectivity index (χ1) is 11.7. The summed E-state index contributed by atoms with van der Waals surface area (Å²) in [6.07, 6.45) is 8.62. The molecule has 0 radical (unpaired) electrons. The quantitative estimate of drug-likeness (QED) is 0.643. The predicted molar refractivity (Wildman–Crippen MR) is 94.9 cm³/mol. The fourth-order valence-electron chi connectivity index (χ4n) is 3.09. The lowest BCUT2D eigenvalue weighted by Gasteiger charge is -2.32. The number of piperidine rings is 1. The Morgan fingerprint density at radius 1 is 1.12 bits per heavy atom. The molecule has 3 aromatic rings. The van der Waals surface area contributed by atoms with E-state index < -0.39 is 0 Å². The number of pyridine rings is 1. The van der Waals surface area contributed by atoms with Crippen molar-refractivity contribution >= 4 is 32.9 Å². The molecule has 124 valence electrons. The summed E-state index contributed by atoms with van der Waals surface area (Å²) >= 11 is 3.37. The van der Waals surface area contributed by atoms with E-state index in [4.69, 9.17) is 0 Å². The summed E-state index contributed by atoms with van der Waals surface area (Å²) in [6.45, 7) is 3.95. The Labute approximate surface area is 148 Å². The summed E-state index contributed by atoms with van der Waals surface area (Å²) in [5.74, 6) is 0.819. The molecule has 0 aromatic carbocycles. The molecule has 1 aliphatic rings. The first-order valence-electron chi connectivity index (χ1n) is 8.17. The molecule has 0 bridgehead atoms. The maximum absolute atomic E-state index is 4.49. The Morgan fingerprint density at radius 2 is 1.88 bits per heavy atom. The zero-order chi connectivity index (χ0) is 16.5. The molecule has 1 aliphatic heterocycles. The van der Waals surface area contributed by atoms with Gasteiger partial charge in [-0.1, -0.05) is 12.1 Å². The minimum Gasteiger partial charge on any atom is -0.341 e. The van der Waals surface area contributed by atoms with Gasteiger partial charge in [0.25, 0.3) is 0 Å². The third-order valence-electron chi connectivity index (χ3n) is 4.52.